The number of rotatable bonds is 4. The Labute approximate surface area is 72.7 Å². The summed E-state index contributed by atoms with van der Waals surface area (Å²) in [6.45, 7) is 0.333. The van der Waals surface area contributed by atoms with E-state index in [1.54, 1.807) is 0 Å². The minimum Gasteiger partial charge on any atom is -0.468 e. The molecule has 0 aromatic rings. The van der Waals surface area contributed by atoms with Crippen molar-refractivity contribution in [2.45, 2.75) is 24.9 Å². The highest BCUT2D eigenvalue weighted by atomic mass is 16.5. The van der Waals surface area contributed by atoms with Crippen molar-refractivity contribution in [3.63, 3.8) is 0 Å². The zero-order chi connectivity index (χ0) is 9.14. The number of nitrogens with two attached hydrogens (primary N) is 1. The maximum atomic E-state index is 11.2. The maximum absolute atomic E-state index is 11.2. The topological polar surface area (TPSA) is 55.6 Å². The molecule has 1 aliphatic carbocycles. The minimum atomic E-state index is -0.262. The first-order chi connectivity index (χ1) is 5.70. The third-order valence-electron chi connectivity index (χ3n) is 2.31. The largest absolute Gasteiger partial charge is 0.468 e. The lowest BCUT2D eigenvalue weighted by molar-refractivity contribution is -0.146. The first-order valence-corrected chi connectivity index (χ1v) is 4.20. The quantitative estimate of drug-likeness (QED) is 0.585. The molecular formula is C8H16N2O2. The fourth-order valence-electron chi connectivity index (χ4n) is 1.30. The van der Waals surface area contributed by atoms with Crippen LogP contribution in [0.4, 0.5) is 0 Å². The van der Waals surface area contributed by atoms with Gasteiger partial charge in [0.25, 0.3) is 0 Å². The van der Waals surface area contributed by atoms with Crippen LogP contribution in [0, 0.1) is 0 Å². The third kappa shape index (κ3) is 1.95. The predicted octanol–water partition coefficient (Wildman–Crippen LogP) is -0.419. The zero-order valence-electron chi connectivity index (χ0n) is 7.62. The molecule has 1 rings (SSSR count). The molecule has 12 heavy (non-hydrogen) atoms. The fourth-order valence-corrected chi connectivity index (χ4v) is 1.30. The predicted molar refractivity (Wildman–Crippen MR) is 45.6 cm³/mol. The van der Waals surface area contributed by atoms with Gasteiger partial charge in [-0.2, -0.15) is 0 Å². The van der Waals surface area contributed by atoms with Crippen molar-refractivity contribution in [3.05, 3.63) is 0 Å². The summed E-state index contributed by atoms with van der Waals surface area (Å²) in [5.74, 6) is -0.230. The van der Waals surface area contributed by atoms with E-state index in [-0.39, 0.29) is 12.0 Å². The molecule has 4 heteroatoms. The van der Waals surface area contributed by atoms with Crippen LogP contribution in [0.1, 0.15) is 12.8 Å². The summed E-state index contributed by atoms with van der Waals surface area (Å²) in [5, 5.41) is 0. The second kappa shape index (κ2) is 3.87. The summed E-state index contributed by atoms with van der Waals surface area (Å²) in [7, 11) is 3.32. The van der Waals surface area contributed by atoms with Gasteiger partial charge in [-0.1, -0.05) is 0 Å². The van der Waals surface area contributed by atoms with Crippen LogP contribution >= 0.6 is 0 Å². The van der Waals surface area contributed by atoms with E-state index in [0.717, 1.165) is 0 Å². The van der Waals surface area contributed by atoms with E-state index >= 15 is 0 Å². The number of nitrogens with zero attached hydrogens (tertiary/aromatic N) is 1. The highest BCUT2D eigenvalue weighted by Gasteiger charge is 2.34. The Hall–Kier alpha value is -0.610. The minimum absolute atomic E-state index is 0.230. The molecule has 0 aliphatic heterocycles. The Balaban J connectivity index is 2.47. The summed E-state index contributed by atoms with van der Waals surface area (Å²) in [5.41, 5.74) is 5.47. The van der Waals surface area contributed by atoms with E-state index in [1.807, 2.05) is 11.9 Å². The van der Waals surface area contributed by atoms with Gasteiger partial charge in [-0.05, 0) is 19.9 Å². The number of esters is 1. The van der Waals surface area contributed by atoms with Gasteiger partial charge in [-0.15, -0.1) is 0 Å². The van der Waals surface area contributed by atoms with E-state index in [0.29, 0.717) is 12.6 Å². The van der Waals surface area contributed by atoms with Gasteiger partial charge in [-0.3, -0.25) is 9.69 Å². The van der Waals surface area contributed by atoms with Crippen LogP contribution in [-0.2, 0) is 9.53 Å². The second-order valence-electron chi connectivity index (χ2n) is 3.17. The maximum Gasteiger partial charge on any atom is 0.324 e. The first kappa shape index (κ1) is 9.48. The zero-order valence-corrected chi connectivity index (χ0v) is 7.62. The molecule has 1 unspecified atom stereocenters. The molecule has 0 radical (unpaired) electrons. The molecule has 0 aromatic heterocycles. The van der Waals surface area contributed by atoms with Gasteiger partial charge in [0.2, 0.25) is 0 Å². The van der Waals surface area contributed by atoms with E-state index in [4.69, 9.17) is 5.73 Å². The average Bonchev–Trinajstić information content (AvgIpc) is 2.87. The first-order valence-electron chi connectivity index (χ1n) is 4.20. The number of hydrogen-bond acceptors (Lipinski definition) is 4. The lowest BCUT2D eigenvalue weighted by Crippen LogP contribution is -2.45. The van der Waals surface area contributed by atoms with Gasteiger partial charge in [0, 0.05) is 12.6 Å². The molecule has 70 valence electrons. The Morgan fingerprint density at radius 1 is 1.75 bits per heavy atom. The van der Waals surface area contributed by atoms with E-state index < -0.39 is 0 Å². The SMILES string of the molecule is COC(=O)C(CN)N(C)C1CC1. The van der Waals surface area contributed by atoms with E-state index in [9.17, 15) is 4.79 Å². The van der Waals surface area contributed by atoms with Crippen LogP contribution in [0.25, 0.3) is 0 Å². The number of hydrogen-bond donors (Lipinski definition) is 1. The lowest BCUT2D eigenvalue weighted by Gasteiger charge is -2.23. The summed E-state index contributed by atoms with van der Waals surface area (Å²) in [4.78, 5) is 13.2. The molecule has 1 aliphatic rings. The molecule has 0 heterocycles. The summed E-state index contributed by atoms with van der Waals surface area (Å²) in [6, 6.07) is 0.278. The van der Waals surface area contributed by atoms with E-state index in [2.05, 4.69) is 4.74 Å². The van der Waals surface area contributed by atoms with Crippen LogP contribution in [0.2, 0.25) is 0 Å². The van der Waals surface area contributed by atoms with Crippen LogP contribution < -0.4 is 5.73 Å². The molecule has 4 nitrogen and oxygen atoms in total. The number of carbonyl (C=O) groups excluding carboxylic acids is 1. The molecule has 1 atom stereocenters. The van der Waals surface area contributed by atoms with Crippen molar-refractivity contribution < 1.29 is 9.53 Å². The smallest absolute Gasteiger partial charge is 0.324 e. The van der Waals surface area contributed by atoms with Crippen LogP contribution in [0.5, 0.6) is 0 Å². The molecule has 0 saturated heterocycles. The molecule has 0 bridgehead atoms. The standard InChI is InChI=1S/C8H16N2O2/c1-10(6-3-4-6)7(5-9)8(11)12-2/h6-7H,3-5,9H2,1-2H3. The number of methoxy groups -OCH3 is 1. The Morgan fingerprint density at radius 3 is 2.67 bits per heavy atom. The lowest BCUT2D eigenvalue weighted by atomic mass is 10.2. The normalized spacial score (nSPS) is 19.3. The van der Waals surface area contributed by atoms with Gasteiger partial charge < -0.3 is 10.5 Å². The molecule has 1 saturated carbocycles. The molecule has 2 N–H and O–H groups in total. The summed E-state index contributed by atoms with van der Waals surface area (Å²) < 4.78 is 4.64. The molecular weight excluding hydrogens is 156 g/mol. The van der Waals surface area contributed by atoms with Crippen molar-refractivity contribution in [3.8, 4) is 0 Å². The van der Waals surface area contributed by atoms with Gasteiger partial charge in [-0.25, -0.2) is 0 Å². The monoisotopic (exact) mass is 172 g/mol. The Kier molecular flexibility index (Phi) is 3.05. The number of carbonyl (C=O) groups is 1. The summed E-state index contributed by atoms with van der Waals surface area (Å²) in [6.07, 6.45) is 2.34. The van der Waals surface area contributed by atoms with Crippen LogP contribution in [0.3, 0.4) is 0 Å². The number of ether oxygens (including phenoxy) is 1. The third-order valence-corrected chi connectivity index (χ3v) is 2.31. The summed E-state index contributed by atoms with van der Waals surface area (Å²) >= 11 is 0. The van der Waals surface area contributed by atoms with Crippen LogP contribution in [-0.4, -0.2) is 43.7 Å². The van der Waals surface area contributed by atoms with Gasteiger partial charge >= 0.3 is 5.97 Å². The van der Waals surface area contributed by atoms with Gasteiger partial charge in [0.05, 0.1) is 7.11 Å². The Bertz CT molecular complexity index is 168. The van der Waals surface area contributed by atoms with Crippen molar-refractivity contribution in [2.75, 3.05) is 20.7 Å². The van der Waals surface area contributed by atoms with Crippen LogP contribution in [0.15, 0.2) is 0 Å². The molecule has 0 aromatic carbocycles. The highest BCUT2D eigenvalue weighted by Crippen LogP contribution is 2.26. The molecule has 0 amide bonds. The fraction of sp³-hybridized carbons (Fsp3) is 0.875. The van der Waals surface area contributed by atoms with E-state index in [1.165, 1.54) is 20.0 Å². The van der Waals surface area contributed by atoms with Gasteiger partial charge in [0.15, 0.2) is 0 Å². The Morgan fingerprint density at radius 2 is 2.33 bits per heavy atom. The van der Waals surface area contributed by atoms with Crippen molar-refractivity contribution in [1.29, 1.82) is 0 Å². The second-order valence-corrected chi connectivity index (χ2v) is 3.17. The molecule has 1 fully saturated rings. The molecule has 0 spiro atoms. The van der Waals surface area contributed by atoms with Crippen molar-refractivity contribution in [1.82, 2.24) is 4.90 Å². The average molecular weight is 172 g/mol. The number of likely N-dealkylation sites (N-methyl/N-ethyl adjacent to an activating group) is 1. The van der Waals surface area contributed by atoms with Crippen molar-refractivity contribution >= 4 is 5.97 Å². The van der Waals surface area contributed by atoms with Crippen molar-refractivity contribution in [2.24, 2.45) is 5.73 Å². The van der Waals surface area contributed by atoms with Gasteiger partial charge in [0.1, 0.15) is 6.04 Å². The highest BCUT2D eigenvalue weighted by molar-refractivity contribution is 5.76.